The summed E-state index contributed by atoms with van der Waals surface area (Å²) in [6.45, 7) is 5.25. The van der Waals surface area contributed by atoms with E-state index < -0.39 is 0 Å². The first-order chi connectivity index (χ1) is 8.54. The number of nitrogens with one attached hydrogen (secondary N) is 1. The van der Waals surface area contributed by atoms with E-state index in [1.54, 1.807) is 7.05 Å². The van der Waals surface area contributed by atoms with E-state index in [0.29, 0.717) is 17.4 Å². The Bertz CT molecular complexity index is 439. The molecule has 0 saturated heterocycles. The molecule has 0 unspecified atom stereocenters. The van der Waals surface area contributed by atoms with Gasteiger partial charge in [0.25, 0.3) is 5.91 Å². The molecule has 1 aliphatic carbocycles. The fraction of sp³-hybridized carbons (Fsp3) is 0.667. The minimum atomic E-state index is -0.155. The van der Waals surface area contributed by atoms with E-state index in [0.717, 1.165) is 17.5 Å². The third-order valence-electron chi connectivity index (χ3n) is 3.19. The summed E-state index contributed by atoms with van der Waals surface area (Å²) in [6.07, 6.45) is 2.57. The van der Waals surface area contributed by atoms with Crippen LogP contribution in [-0.2, 0) is 0 Å². The summed E-state index contributed by atoms with van der Waals surface area (Å²) >= 11 is 1.32. The normalized spacial score (nSPS) is 14.9. The van der Waals surface area contributed by atoms with Crippen molar-refractivity contribution in [2.24, 2.45) is 5.92 Å². The van der Waals surface area contributed by atoms with Gasteiger partial charge in [0.05, 0.1) is 0 Å². The number of nitrogens with zero attached hydrogens (tertiary/aromatic N) is 2. The number of nitrogen functional groups attached to an aromatic ring is 1. The molecule has 1 aliphatic rings. The molecule has 0 radical (unpaired) electrons. The van der Waals surface area contributed by atoms with Gasteiger partial charge in [0.2, 0.25) is 0 Å². The first-order valence-corrected chi connectivity index (χ1v) is 7.05. The molecule has 1 amide bonds. The van der Waals surface area contributed by atoms with Crippen molar-refractivity contribution in [1.29, 1.82) is 0 Å². The molecule has 0 aromatic carbocycles. The van der Waals surface area contributed by atoms with Crippen LogP contribution in [0.4, 0.5) is 10.8 Å². The topological polar surface area (TPSA) is 71.2 Å². The second kappa shape index (κ2) is 5.14. The van der Waals surface area contributed by atoms with Crippen LogP contribution in [0.3, 0.4) is 0 Å². The second-order valence-corrected chi connectivity index (χ2v) is 5.77. The number of nitrogens with two attached hydrogens (primary N) is 1. The predicted molar refractivity (Wildman–Crippen MR) is 75.1 cm³/mol. The van der Waals surface area contributed by atoms with Crippen LogP contribution < -0.4 is 16.0 Å². The zero-order valence-corrected chi connectivity index (χ0v) is 11.9. The summed E-state index contributed by atoms with van der Waals surface area (Å²) in [5, 5.41) is 3.53. The number of carbonyl (C=O) groups excluding carboxylic acids is 1. The van der Waals surface area contributed by atoms with Crippen molar-refractivity contribution in [3.8, 4) is 0 Å². The van der Waals surface area contributed by atoms with Gasteiger partial charge < -0.3 is 16.0 Å². The van der Waals surface area contributed by atoms with Gasteiger partial charge in [-0.15, -0.1) is 0 Å². The molecule has 1 aromatic heterocycles. The van der Waals surface area contributed by atoms with Gasteiger partial charge >= 0.3 is 0 Å². The fourth-order valence-corrected chi connectivity index (χ4v) is 2.89. The van der Waals surface area contributed by atoms with E-state index in [-0.39, 0.29) is 5.91 Å². The lowest BCUT2D eigenvalue weighted by atomic mass is 10.2. The Hall–Kier alpha value is -1.30. The molecular weight excluding hydrogens is 248 g/mol. The minimum Gasteiger partial charge on any atom is -0.382 e. The summed E-state index contributed by atoms with van der Waals surface area (Å²) in [5.74, 6) is 0.932. The molecule has 1 saturated carbocycles. The van der Waals surface area contributed by atoms with E-state index in [4.69, 9.17) is 5.73 Å². The Morgan fingerprint density at radius 2 is 2.28 bits per heavy atom. The largest absolute Gasteiger partial charge is 0.382 e. The van der Waals surface area contributed by atoms with Crippen LogP contribution in [0, 0.1) is 5.92 Å². The molecule has 100 valence electrons. The third-order valence-corrected chi connectivity index (χ3v) is 4.09. The minimum absolute atomic E-state index is 0.155. The number of anilines is 2. The molecule has 0 bridgehead atoms. The summed E-state index contributed by atoms with van der Waals surface area (Å²) in [4.78, 5) is 14.1. The summed E-state index contributed by atoms with van der Waals surface area (Å²) in [6, 6.07) is 0.342. The Kier molecular flexibility index (Phi) is 3.75. The number of rotatable bonds is 5. The molecular formula is C12H20N4OS. The van der Waals surface area contributed by atoms with E-state index in [2.05, 4.69) is 28.4 Å². The first-order valence-electron chi connectivity index (χ1n) is 6.28. The molecule has 1 heterocycles. The van der Waals surface area contributed by atoms with Crippen LogP contribution in [0.1, 0.15) is 37.0 Å². The van der Waals surface area contributed by atoms with Crippen LogP contribution in [0.15, 0.2) is 0 Å². The van der Waals surface area contributed by atoms with Crippen molar-refractivity contribution in [3.05, 3.63) is 5.56 Å². The number of hydrogen-bond donors (Lipinski definition) is 2. The maximum atomic E-state index is 11.9. The lowest BCUT2D eigenvalue weighted by Gasteiger charge is -2.28. The van der Waals surface area contributed by atoms with Crippen molar-refractivity contribution in [1.82, 2.24) is 9.69 Å². The molecule has 1 aromatic rings. The SMILES string of the molecule is CNC(=O)c1c(N)nsc1N(CC1CC1)C(C)C. The molecule has 5 nitrogen and oxygen atoms in total. The quantitative estimate of drug-likeness (QED) is 0.853. The number of aromatic nitrogens is 1. The van der Waals surface area contributed by atoms with Crippen molar-refractivity contribution in [2.75, 3.05) is 24.2 Å². The monoisotopic (exact) mass is 268 g/mol. The predicted octanol–water partition coefficient (Wildman–Crippen LogP) is 1.71. The van der Waals surface area contributed by atoms with Gasteiger partial charge in [0.1, 0.15) is 10.6 Å². The number of carbonyl (C=O) groups is 1. The summed E-state index contributed by atoms with van der Waals surface area (Å²) in [5.41, 5.74) is 6.34. The van der Waals surface area contributed by atoms with Gasteiger partial charge in [-0.25, -0.2) is 0 Å². The molecule has 6 heteroatoms. The maximum absolute atomic E-state index is 11.9. The smallest absolute Gasteiger partial charge is 0.257 e. The summed E-state index contributed by atoms with van der Waals surface area (Å²) < 4.78 is 4.13. The highest BCUT2D eigenvalue weighted by Crippen LogP contribution is 2.36. The van der Waals surface area contributed by atoms with Crippen molar-refractivity contribution < 1.29 is 4.79 Å². The molecule has 18 heavy (non-hydrogen) atoms. The molecule has 1 fully saturated rings. The van der Waals surface area contributed by atoms with Crippen LogP contribution in [0.2, 0.25) is 0 Å². The van der Waals surface area contributed by atoms with Crippen LogP contribution in [0.5, 0.6) is 0 Å². The third kappa shape index (κ3) is 2.58. The fourth-order valence-electron chi connectivity index (χ4n) is 1.93. The highest BCUT2D eigenvalue weighted by molar-refractivity contribution is 7.11. The van der Waals surface area contributed by atoms with Gasteiger partial charge in [0, 0.05) is 19.6 Å². The van der Waals surface area contributed by atoms with E-state index in [9.17, 15) is 4.79 Å². The zero-order valence-electron chi connectivity index (χ0n) is 11.1. The Balaban J connectivity index is 2.31. The highest BCUT2D eigenvalue weighted by atomic mass is 32.1. The number of amides is 1. The molecule has 3 N–H and O–H groups in total. The average molecular weight is 268 g/mol. The average Bonchev–Trinajstić information content (AvgIpc) is 3.07. The Labute approximate surface area is 112 Å². The van der Waals surface area contributed by atoms with E-state index >= 15 is 0 Å². The van der Waals surface area contributed by atoms with E-state index in [1.165, 1.54) is 24.4 Å². The zero-order chi connectivity index (χ0) is 13.3. The lowest BCUT2D eigenvalue weighted by molar-refractivity contribution is 0.0964. The Morgan fingerprint density at radius 3 is 2.78 bits per heavy atom. The molecule has 0 atom stereocenters. The van der Waals surface area contributed by atoms with Gasteiger partial charge in [-0.05, 0) is 44.1 Å². The summed E-state index contributed by atoms with van der Waals surface area (Å²) in [7, 11) is 1.61. The van der Waals surface area contributed by atoms with Crippen LogP contribution in [-0.4, -0.2) is 29.9 Å². The van der Waals surface area contributed by atoms with Crippen LogP contribution in [0.25, 0.3) is 0 Å². The van der Waals surface area contributed by atoms with E-state index in [1.807, 2.05) is 0 Å². The molecule has 0 aliphatic heterocycles. The Morgan fingerprint density at radius 1 is 1.61 bits per heavy atom. The number of hydrogen-bond acceptors (Lipinski definition) is 5. The highest BCUT2D eigenvalue weighted by Gasteiger charge is 2.30. The lowest BCUT2D eigenvalue weighted by Crippen LogP contribution is -2.34. The van der Waals surface area contributed by atoms with Gasteiger partial charge in [-0.3, -0.25) is 4.79 Å². The molecule has 0 spiro atoms. The van der Waals surface area contributed by atoms with Gasteiger partial charge in [-0.2, -0.15) is 4.37 Å². The van der Waals surface area contributed by atoms with Crippen molar-refractivity contribution in [3.63, 3.8) is 0 Å². The van der Waals surface area contributed by atoms with Gasteiger partial charge in [-0.1, -0.05) is 0 Å². The molecule has 2 rings (SSSR count). The second-order valence-electron chi connectivity index (χ2n) is 5.02. The van der Waals surface area contributed by atoms with Crippen molar-refractivity contribution in [2.45, 2.75) is 32.7 Å². The maximum Gasteiger partial charge on any atom is 0.257 e. The van der Waals surface area contributed by atoms with Crippen molar-refractivity contribution >= 4 is 28.3 Å². The first kappa shape index (κ1) is 13.1. The van der Waals surface area contributed by atoms with Crippen LogP contribution >= 0.6 is 11.5 Å². The van der Waals surface area contributed by atoms with Gasteiger partial charge in [0.15, 0.2) is 5.82 Å². The standard InChI is InChI=1S/C12H20N4OS/c1-7(2)16(6-8-4-5-8)12-9(11(17)14-3)10(13)15-18-12/h7-8H,4-6H2,1-3H3,(H2,13,15)(H,14,17).